The normalized spacial score (nSPS) is 10.6. The minimum Gasteiger partial charge on any atom is -0.323 e. The van der Waals surface area contributed by atoms with Gasteiger partial charge in [-0.2, -0.15) is 0 Å². The van der Waals surface area contributed by atoms with Gasteiger partial charge in [-0.15, -0.1) is 0 Å². The van der Waals surface area contributed by atoms with Crippen LogP contribution in [-0.4, -0.2) is 23.8 Å². The molecule has 2 N–H and O–H groups in total. The summed E-state index contributed by atoms with van der Waals surface area (Å²) in [7, 11) is 3.75. The molecule has 0 saturated heterocycles. The van der Waals surface area contributed by atoms with Crippen LogP contribution in [0.15, 0.2) is 67.0 Å². The van der Waals surface area contributed by atoms with Crippen molar-refractivity contribution >= 4 is 27.5 Å². The van der Waals surface area contributed by atoms with Crippen LogP contribution in [0.3, 0.4) is 0 Å². The Balaban J connectivity index is 0.000000613. The molecule has 4 heteroatoms. The zero-order chi connectivity index (χ0) is 18.4. The molecule has 0 aliphatic rings. The molecular formula is C22H26N4. The molecule has 0 bridgehead atoms. The summed E-state index contributed by atoms with van der Waals surface area (Å²) < 4.78 is 2.21. The van der Waals surface area contributed by atoms with Crippen molar-refractivity contribution in [2.75, 3.05) is 19.5 Å². The molecule has 2 aromatic carbocycles. The number of fused-ring (bicyclic) bond motifs is 3. The second-order valence-electron chi connectivity index (χ2n) is 6.26. The van der Waals surface area contributed by atoms with Crippen molar-refractivity contribution in [3.05, 3.63) is 72.6 Å². The van der Waals surface area contributed by atoms with Crippen molar-refractivity contribution in [2.45, 2.75) is 19.8 Å². The lowest BCUT2D eigenvalue weighted by Crippen LogP contribution is -2.09. The minimum absolute atomic E-state index is 1.04. The Morgan fingerprint density at radius 3 is 2.31 bits per heavy atom. The zero-order valence-electron chi connectivity index (χ0n) is 15.7. The van der Waals surface area contributed by atoms with E-state index in [0.29, 0.717) is 0 Å². The molecule has 4 nitrogen and oxygen atoms in total. The SMILES string of the molecule is CCCc1cccc2c3ccccc3n(Nc3ccncc3)c12.CNC. The van der Waals surface area contributed by atoms with Crippen molar-refractivity contribution in [1.29, 1.82) is 0 Å². The monoisotopic (exact) mass is 346 g/mol. The number of nitrogens with one attached hydrogen (secondary N) is 2. The molecule has 0 spiro atoms. The van der Waals surface area contributed by atoms with Gasteiger partial charge in [-0.05, 0) is 44.3 Å². The molecule has 134 valence electrons. The van der Waals surface area contributed by atoms with Crippen LogP contribution in [0.1, 0.15) is 18.9 Å². The van der Waals surface area contributed by atoms with Crippen LogP contribution in [0.4, 0.5) is 5.69 Å². The lowest BCUT2D eigenvalue weighted by Gasteiger charge is -2.13. The highest BCUT2D eigenvalue weighted by molar-refractivity contribution is 6.09. The first-order valence-corrected chi connectivity index (χ1v) is 9.06. The van der Waals surface area contributed by atoms with Gasteiger partial charge in [0.05, 0.1) is 16.7 Å². The number of benzene rings is 2. The zero-order valence-corrected chi connectivity index (χ0v) is 15.7. The lowest BCUT2D eigenvalue weighted by molar-refractivity contribution is 0.917. The fraction of sp³-hybridized carbons (Fsp3) is 0.227. The largest absolute Gasteiger partial charge is 0.323 e. The third-order valence-electron chi connectivity index (χ3n) is 4.22. The van der Waals surface area contributed by atoms with E-state index in [-0.39, 0.29) is 0 Å². The van der Waals surface area contributed by atoms with Gasteiger partial charge in [-0.3, -0.25) is 15.1 Å². The highest BCUT2D eigenvalue weighted by atomic mass is 15.4. The molecule has 26 heavy (non-hydrogen) atoms. The fourth-order valence-corrected chi connectivity index (χ4v) is 3.23. The van der Waals surface area contributed by atoms with Crippen LogP contribution in [0, 0.1) is 0 Å². The maximum absolute atomic E-state index is 4.10. The van der Waals surface area contributed by atoms with Crippen LogP contribution >= 0.6 is 0 Å². The van der Waals surface area contributed by atoms with E-state index in [0.717, 1.165) is 18.5 Å². The van der Waals surface area contributed by atoms with Gasteiger partial charge in [0.2, 0.25) is 0 Å². The summed E-state index contributed by atoms with van der Waals surface area (Å²) in [6, 6.07) is 19.1. The van der Waals surface area contributed by atoms with Gasteiger partial charge in [0, 0.05) is 23.2 Å². The highest BCUT2D eigenvalue weighted by Gasteiger charge is 2.13. The third-order valence-corrected chi connectivity index (χ3v) is 4.22. The quantitative estimate of drug-likeness (QED) is 0.555. The summed E-state index contributed by atoms with van der Waals surface area (Å²) >= 11 is 0. The standard InChI is InChI=1S/C20H19N3.C2H7N/c1-2-6-15-7-5-9-18-17-8-3-4-10-19(17)23(20(15)18)22-16-11-13-21-14-12-16;1-3-2/h3-5,7-14H,2,6H2,1H3,(H,21,22);3H,1-2H3. The van der Waals surface area contributed by atoms with E-state index >= 15 is 0 Å². The first-order valence-electron chi connectivity index (χ1n) is 9.06. The molecule has 0 fully saturated rings. The van der Waals surface area contributed by atoms with Crippen molar-refractivity contribution < 1.29 is 0 Å². The van der Waals surface area contributed by atoms with E-state index in [1.807, 2.05) is 38.6 Å². The highest BCUT2D eigenvalue weighted by Crippen LogP contribution is 2.31. The molecule has 0 unspecified atom stereocenters. The predicted molar refractivity (Wildman–Crippen MR) is 112 cm³/mol. The summed E-state index contributed by atoms with van der Waals surface area (Å²) in [6.45, 7) is 2.22. The number of pyridine rings is 1. The fourth-order valence-electron chi connectivity index (χ4n) is 3.23. The average Bonchev–Trinajstić information content (AvgIpc) is 2.99. The molecular weight excluding hydrogens is 320 g/mol. The van der Waals surface area contributed by atoms with E-state index in [9.17, 15) is 0 Å². The Morgan fingerprint density at radius 2 is 1.58 bits per heavy atom. The molecule has 2 aromatic heterocycles. The maximum Gasteiger partial charge on any atom is 0.0741 e. The molecule has 0 aliphatic heterocycles. The summed E-state index contributed by atoms with van der Waals surface area (Å²) in [4.78, 5) is 4.10. The molecule has 2 heterocycles. The van der Waals surface area contributed by atoms with Gasteiger partial charge in [0.15, 0.2) is 0 Å². The van der Waals surface area contributed by atoms with E-state index < -0.39 is 0 Å². The topological polar surface area (TPSA) is 41.9 Å². The maximum atomic E-state index is 4.10. The number of para-hydroxylation sites is 2. The summed E-state index contributed by atoms with van der Waals surface area (Å²) in [5.41, 5.74) is 8.43. The Bertz CT molecular complexity index is 973. The van der Waals surface area contributed by atoms with Gasteiger partial charge in [-0.1, -0.05) is 49.7 Å². The first-order chi connectivity index (χ1) is 12.8. The first kappa shape index (κ1) is 18.0. The minimum atomic E-state index is 1.04. The van der Waals surface area contributed by atoms with Crippen LogP contribution < -0.4 is 10.7 Å². The van der Waals surface area contributed by atoms with Crippen LogP contribution in [0.2, 0.25) is 0 Å². The van der Waals surface area contributed by atoms with Gasteiger partial charge < -0.3 is 5.32 Å². The van der Waals surface area contributed by atoms with Gasteiger partial charge in [0.25, 0.3) is 0 Å². The number of nitrogens with zero attached hydrogens (tertiary/aromatic N) is 2. The predicted octanol–water partition coefficient (Wildman–Crippen LogP) is 4.85. The molecule has 0 atom stereocenters. The Hall–Kier alpha value is -2.85. The van der Waals surface area contributed by atoms with Crippen molar-refractivity contribution in [3.63, 3.8) is 0 Å². The van der Waals surface area contributed by atoms with E-state index in [1.165, 1.54) is 27.4 Å². The number of aromatic nitrogens is 2. The van der Waals surface area contributed by atoms with Crippen LogP contribution in [0.5, 0.6) is 0 Å². The lowest BCUT2D eigenvalue weighted by atomic mass is 10.1. The van der Waals surface area contributed by atoms with E-state index in [1.54, 1.807) is 0 Å². The number of hydrogen-bond donors (Lipinski definition) is 2. The van der Waals surface area contributed by atoms with Gasteiger partial charge in [0.1, 0.15) is 0 Å². The number of aryl methyl sites for hydroxylation is 1. The summed E-state index contributed by atoms with van der Waals surface area (Å²) in [5.74, 6) is 0. The Labute approximate surface area is 154 Å². The molecule has 4 aromatic rings. The summed E-state index contributed by atoms with van der Waals surface area (Å²) in [5, 5.41) is 5.33. The van der Waals surface area contributed by atoms with Gasteiger partial charge >= 0.3 is 0 Å². The average molecular weight is 346 g/mol. The van der Waals surface area contributed by atoms with Crippen LogP contribution in [-0.2, 0) is 6.42 Å². The Kier molecular flexibility index (Phi) is 5.87. The van der Waals surface area contributed by atoms with E-state index in [4.69, 9.17) is 0 Å². The van der Waals surface area contributed by atoms with Crippen molar-refractivity contribution in [3.8, 4) is 0 Å². The Morgan fingerprint density at radius 1 is 0.885 bits per heavy atom. The van der Waals surface area contributed by atoms with Crippen molar-refractivity contribution in [2.24, 2.45) is 0 Å². The molecule has 0 saturated carbocycles. The van der Waals surface area contributed by atoms with Crippen LogP contribution in [0.25, 0.3) is 21.8 Å². The number of rotatable bonds is 4. The number of hydrogen-bond acceptors (Lipinski definition) is 3. The van der Waals surface area contributed by atoms with Gasteiger partial charge in [-0.25, -0.2) is 0 Å². The van der Waals surface area contributed by atoms with E-state index in [2.05, 4.69) is 69.8 Å². The second-order valence-corrected chi connectivity index (χ2v) is 6.26. The molecule has 0 radical (unpaired) electrons. The second kappa shape index (κ2) is 8.50. The third kappa shape index (κ3) is 3.55. The smallest absolute Gasteiger partial charge is 0.0741 e. The molecule has 0 amide bonds. The number of anilines is 1. The summed E-state index contributed by atoms with van der Waals surface area (Å²) in [6.07, 6.45) is 5.83. The molecule has 0 aliphatic carbocycles. The molecule has 4 rings (SSSR count). The van der Waals surface area contributed by atoms with Crippen molar-refractivity contribution in [1.82, 2.24) is 15.0 Å².